The van der Waals surface area contributed by atoms with Crippen LogP contribution in [0, 0.1) is 18.3 Å². The van der Waals surface area contributed by atoms with Crippen LogP contribution >= 0.6 is 0 Å². The summed E-state index contributed by atoms with van der Waals surface area (Å²) in [5, 5.41) is 0. The topological polar surface area (TPSA) is 0 Å². The average Bonchev–Trinajstić information content (AvgIpc) is 2.04. The molecule has 0 heterocycles. The third kappa shape index (κ3) is 9.92. The van der Waals surface area contributed by atoms with Gasteiger partial charge in [0, 0.05) is 0 Å². The zero-order valence-electron chi connectivity index (χ0n) is 9.97. The fourth-order valence-electron chi connectivity index (χ4n) is 1.69. The van der Waals surface area contributed by atoms with Crippen molar-refractivity contribution in [3.63, 3.8) is 0 Å². The van der Waals surface area contributed by atoms with Crippen LogP contribution in [0.4, 0.5) is 0 Å². The second-order valence-corrected chi connectivity index (χ2v) is 4.77. The van der Waals surface area contributed by atoms with E-state index < -0.39 is 0 Å². The lowest BCUT2D eigenvalue weighted by atomic mass is 9.95. The molecule has 0 bridgehead atoms. The van der Waals surface area contributed by atoms with E-state index in [9.17, 15) is 0 Å². The summed E-state index contributed by atoms with van der Waals surface area (Å²) < 4.78 is 0. The number of unbranched alkanes of at least 4 members (excludes halogenated alkanes) is 2. The molecular formula is C13H27. The minimum Gasteiger partial charge on any atom is -0.0628 e. The second-order valence-electron chi connectivity index (χ2n) is 4.77. The third-order valence-corrected chi connectivity index (χ3v) is 2.67. The fourth-order valence-corrected chi connectivity index (χ4v) is 1.69. The molecule has 1 atom stereocenters. The van der Waals surface area contributed by atoms with E-state index in [0.29, 0.717) is 0 Å². The maximum absolute atomic E-state index is 2.40. The van der Waals surface area contributed by atoms with Gasteiger partial charge in [-0.05, 0) is 18.3 Å². The van der Waals surface area contributed by atoms with Crippen LogP contribution in [0.5, 0.6) is 0 Å². The highest BCUT2D eigenvalue weighted by Gasteiger charge is 2.02. The SMILES string of the molecule is C[CH]CCCC(C)CCCC(C)C. The molecule has 0 fully saturated rings. The average molecular weight is 183 g/mol. The first-order chi connectivity index (χ1) is 6.16. The highest BCUT2D eigenvalue weighted by Crippen LogP contribution is 2.17. The van der Waals surface area contributed by atoms with Crippen molar-refractivity contribution in [2.24, 2.45) is 11.8 Å². The third-order valence-electron chi connectivity index (χ3n) is 2.67. The first-order valence-corrected chi connectivity index (χ1v) is 5.94. The van der Waals surface area contributed by atoms with Crippen molar-refractivity contribution < 1.29 is 0 Å². The molecule has 0 amide bonds. The Labute approximate surface area is 85.1 Å². The van der Waals surface area contributed by atoms with E-state index in [1.54, 1.807) is 0 Å². The van der Waals surface area contributed by atoms with Crippen molar-refractivity contribution >= 4 is 0 Å². The Hall–Kier alpha value is 0. The molecular weight excluding hydrogens is 156 g/mol. The molecule has 0 heteroatoms. The Morgan fingerprint density at radius 1 is 0.923 bits per heavy atom. The lowest BCUT2D eigenvalue weighted by Crippen LogP contribution is -1.96. The van der Waals surface area contributed by atoms with Crippen molar-refractivity contribution in [2.45, 2.75) is 66.2 Å². The quantitative estimate of drug-likeness (QED) is 0.472. The maximum atomic E-state index is 2.40. The molecule has 0 aliphatic heterocycles. The smallest absolute Gasteiger partial charge is 0.0417 e. The van der Waals surface area contributed by atoms with E-state index in [-0.39, 0.29) is 0 Å². The molecule has 0 N–H and O–H groups in total. The normalized spacial score (nSPS) is 13.6. The highest BCUT2D eigenvalue weighted by atomic mass is 14.1. The molecule has 0 aromatic carbocycles. The lowest BCUT2D eigenvalue weighted by Gasteiger charge is -2.11. The van der Waals surface area contributed by atoms with Crippen LogP contribution < -0.4 is 0 Å². The van der Waals surface area contributed by atoms with Gasteiger partial charge in [-0.2, -0.15) is 0 Å². The minimum atomic E-state index is 0.885. The molecule has 0 aromatic heterocycles. The minimum absolute atomic E-state index is 0.885. The van der Waals surface area contributed by atoms with E-state index in [1.807, 2.05) is 0 Å². The van der Waals surface area contributed by atoms with Crippen LogP contribution in [-0.4, -0.2) is 0 Å². The largest absolute Gasteiger partial charge is 0.0628 e. The Morgan fingerprint density at radius 2 is 1.54 bits per heavy atom. The Bertz CT molecular complexity index is 94.2. The van der Waals surface area contributed by atoms with Gasteiger partial charge in [0.15, 0.2) is 0 Å². The van der Waals surface area contributed by atoms with E-state index in [4.69, 9.17) is 0 Å². The summed E-state index contributed by atoms with van der Waals surface area (Å²) >= 11 is 0. The van der Waals surface area contributed by atoms with E-state index in [0.717, 1.165) is 11.8 Å². The molecule has 0 aromatic rings. The molecule has 0 spiro atoms. The van der Waals surface area contributed by atoms with Gasteiger partial charge < -0.3 is 0 Å². The van der Waals surface area contributed by atoms with Gasteiger partial charge in [-0.1, -0.05) is 66.2 Å². The van der Waals surface area contributed by atoms with Gasteiger partial charge in [0.25, 0.3) is 0 Å². The zero-order valence-corrected chi connectivity index (χ0v) is 9.97. The fraction of sp³-hybridized carbons (Fsp3) is 0.923. The molecule has 0 nitrogen and oxygen atoms in total. The van der Waals surface area contributed by atoms with Crippen LogP contribution in [0.15, 0.2) is 0 Å². The highest BCUT2D eigenvalue weighted by molar-refractivity contribution is 4.60. The van der Waals surface area contributed by atoms with Gasteiger partial charge in [-0.15, -0.1) is 0 Å². The van der Waals surface area contributed by atoms with Crippen LogP contribution in [-0.2, 0) is 0 Å². The molecule has 1 radical (unpaired) electrons. The van der Waals surface area contributed by atoms with Crippen molar-refractivity contribution in [2.75, 3.05) is 0 Å². The molecule has 0 aliphatic carbocycles. The number of hydrogen-bond acceptors (Lipinski definition) is 0. The van der Waals surface area contributed by atoms with E-state index in [2.05, 4.69) is 34.1 Å². The molecule has 79 valence electrons. The van der Waals surface area contributed by atoms with Gasteiger partial charge in [0.1, 0.15) is 0 Å². The summed E-state index contributed by atoms with van der Waals surface area (Å²) in [5.41, 5.74) is 0. The second kappa shape index (κ2) is 8.59. The first-order valence-electron chi connectivity index (χ1n) is 5.94. The monoisotopic (exact) mass is 183 g/mol. The molecule has 0 aliphatic rings. The summed E-state index contributed by atoms with van der Waals surface area (Å²) in [5.74, 6) is 1.83. The lowest BCUT2D eigenvalue weighted by molar-refractivity contribution is 0.427. The van der Waals surface area contributed by atoms with Gasteiger partial charge >= 0.3 is 0 Å². The predicted octanol–water partition coefficient (Wildman–Crippen LogP) is 4.84. The van der Waals surface area contributed by atoms with Crippen molar-refractivity contribution in [3.8, 4) is 0 Å². The molecule has 0 rings (SSSR count). The molecule has 0 saturated carbocycles. The van der Waals surface area contributed by atoms with Gasteiger partial charge in [0.2, 0.25) is 0 Å². The first kappa shape index (κ1) is 13.0. The van der Waals surface area contributed by atoms with Crippen molar-refractivity contribution in [1.29, 1.82) is 0 Å². The van der Waals surface area contributed by atoms with Crippen LogP contribution in [0.2, 0.25) is 0 Å². The summed E-state index contributed by atoms with van der Waals surface area (Å²) in [6.45, 7) is 9.19. The number of hydrogen-bond donors (Lipinski definition) is 0. The summed E-state index contributed by atoms with van der Waals surface area (Å²) in [4.78, 5) is 0. The standard InChI is InChI=1S/C13H27/c1-5-6-7-10-13(4)11-8-9-12(2)3/h5,12-13H,6-11H2,1-4H3. The van der Waals surface area contributed by atoms with Crippen molar-refractivity contribution in [1.82, 2.24) is 0 Å². The summed E-state index contributed by atoms with van der Waals surface area (Å²) in [6.07, 6.45) is 10.7. The van der Waals surface area contributed by atoms with Crippen molar-refractivity contribution in [3.05, 3.63) is 6.42 Å². The van der Waals surface area contributed by atoms with Gasteiger partial charge in [-0.25, -0.2) is 0 Å². The Kier molecular flexibility index (Phi) is 8.59. The summed E-state index contributed by atoms with van der Waals surface area (Å²) in [7, 11) is 0. The van der Waals surface area contributed by atoms with Gasteiger partial charge in [0.05, 0.1) is 0 Å². The van der Waals surface area contributed by atoms with Crippen LogP contribution in [0.1, 0.15) is 66.2 Å². The molecule has 1 unspecified atom stereocenters. The Balaban J connectivity index is 3.15. The summed E-state index contributed by atoms with van der Waals surface area (Å²) in [6, 6.07) is 0. The molecule has 13 heavy (non-hydrogen) atoms. The Morgan fingerprint density at radius 3 is 2.08 bits per heavy atom. The maximum Gasteiger partial charge on any atom is -0.0417 e. The zero-order chi connectivity index (χ0) is 10.1. The van der Waals surface area contributed by atoms with Crippen LogP contribution in [0.3, 0.4) is 0 Å². The van der Waals surface area contributed by atoms with Gasteiger partial charge in [-0.3, -0.25) is 0 Å². The van der Waals surface area contributed by atoms with E-state index >= 15 is 0 Å². The number of rotatable bonds is 8. The van der Waals surface area contributed by atoms with E-state index in [1.165, 1.54) is 38.5 Å². The molecule has 0 saturated heterocycles. The van der Waals surface area contributed by atoms with Crippen LogP contribution in [0.25, 0.3) is 0 Å². The predicted molar refractivity (Wildman–Crippen MR) is 61.7 cm³/mol.